The van der Waals surface area contributed by atoms with Gasteiger partial charge in [0.05, 0.1) is 19.8 Å². The molecule has 1 N–H and O–H groups in total. The van der Waals surface area contributed by atoms with Crippen molar-refractivity contribution in [2.45, 2.75) is 6.42 Å². The number of amides is 1. The van der Waals surface area contributed by atoms with Gasteiger partial charge in [0, 0.05) is 25.2 Å². The molecule has 0 saturated carbocycles. The number of carbonyl (C=O) groups is 1. The average Bonchev–Trinajstić information content (AvgIpc) is 2.94. The minimum absolute atomic E-state index is 0.296. The maximum Gasteiger partial charge on any atom is 0.414 e. The Kier molecular flexibility index (Phi) is 4.06. The zero-order valence-corrected chi connectivity index (χ0v) is 11.9. The minimum Gasteiger partial charge on any atom is -0.447 e. The Hall–Kier alpha value is -2.08. The van der Waals surface area contributed by atoms with Crippen LogP contribution in [0.15, 0.2) is 24.3 Å². The van der Waals surface area contributed by atoms with E-state index in [0.717, 1.165) is 24.3 Å². The number of rotatable bonds is 3. The van der Waals surface area contributed by atoms with Crippen LogP contribution in [0.3, 0.4) is 0 Å². The van der Waals surface area contributed by atoms with Gasteiger partial charge in [-0.05, 0) is 17.7 Å². The van der Waals surface area contributed by atoms with E-state index in [0.29, 0.717) is 38.6 Å². The van der Waals surface area contributed by atoms with E-state index in [4.69, 9.17) is 14.9 Å². The van der Waals surface area contributed by atoms with Gasteiger partial charge in [-0.2, -0.15) is 0 Å². The predicted molar refractivity (Wildman–Crippen MR) is 79.0 cm³/mol. The highest BCUT2D eigenvalue weighted by Crippen LogP contribution is 2.20. The van der Waals surface area contributed by atoms with E-state index in [1.165, 1.54) is 0 Å². The molecule has 112 valence electrons. The number of nitrogens with one attached hydrogen (secondary N) is 1. The second kappa shape index (κ2) is 6.13. The van der Waals surface area contributed by atoms with Gasteiger partial charge in [0.1, 0.15) is 12.4 Å². The molecule has 2 aliphatic rings. The lowest BCUT2D eigenvalue weighted by Gasteiger charge is -2.29. The van der Waals surface area contributed by atoms with Crippen molar-refractivity contribution in [3.8, 4) is 0 Å². The third kappa shape index (κ3) is 3.16. The molecule has 0 unspecified atom stereocenters. The van der Waals surface area contributed by atoms with E-state index in [9.17, 15) is 4.79 Å². The van der Waals surface area contributed by atoms with Crippen LogP contribution < -0.4 is 4.90 Å². The van der Waals surface area contributed by atoms with E-state index in [1.807, 2.05) is 29.2 Å². The summed E-state index contributed by atoms with van der Waals surface area (Å²) in [6.45, 7) is 3.94. The number of carbonyl (C=O) groups excluding carboxylic acids is 1. The first-order valence-electron chi connectivity index (χ1n) is 7.17. The molecule has 6 nitrogen and oxygen atoms in total. The number of anilines is 1. The van der Waals surface area contributed by atoms with Crippen LogP contribution in [0.4, 0.5) is 10.5 Å². The summed E-state index contributed by atoms with van der Waals surface area (Å²) in [6.07, 6.45) is 0.270. The Labute approximate surface area is 123 Å². The highest BCUT2D eigenvalue weighted by molar-refractivity contribution is 5.89. The van der Waals surface area contributed by atoms with Gasteiger partial charge in [0.15, 0.2) is 0 Å². The number of cyclic esters (lactones) is 1. The fourth-order valence-corrected chi connectivity index (χ4v) is 2.60. The molecule has 0 aromatic heterocycles. The van der Waals surface area contributed by atoms with Crippen molar-refractivity contribution < 1.29 is 14.3 Å². The summed E-state index contributed by atoms with van der Waals surface area (Å²) in [5.41, 5.74) is 1.87. The van der Waals surface area contributed by atoms with Crippen LogP contribution >= 0.6 is 0 Å². The molecular weight excluding hydrogens is 270 g/mol. The number of benzene rings is 1. The van der Waals surface area contributed by atoms with Crippen molar-refractivity contribution in [1.82, 2.24) is 4.90 Å². The molecule has 2 fully saturated rings. The van der Waals surface area contributed by atoms with E-state index in [1.54, 1.807) is 4.90 Å². The zero-order valence-electron chi connectivity index (χ0n) is 11.9. The Bertz CT molecular complexity index is 541. The van der Waals surface area contributed by atoms with Gasteiger partial charge in [-0.1, -0.05) is 12.1 Å². The average molecular weight is 289 g/mol. The van der Waals surface area contributed by atoms with Crippen molar-refractivity contribution in [1.29, 1.82) is 5.41 Å². The normalized spacial score (nSPS) is 18.8. The second-order valence-electron chi connectivity index (χ2n) is 5.16. The summed E-state index contributed by atoms with van der Waals surface area (Å²) >= 11 is 0. The second-order valence-corrected chi connectivity index (χ2v) is 5.16. The number of nitrogens with zero attached hydrogens (tertiary/aromatic N) is 2. The fourth-order valence-electron chi connectivity index (χ4n) is 2.60. The van der Waals surface area contributed by atoms with E-state index in [-0.39, 0.29) is 6.09 Å². The maximum absolute atomic E-state index is 11.6. The molecule has 0 aliphatic carbocycles. The summed E-state index contributed by atoms with van der Waals surface area (Å²) in [6, 6.07) is 7.76. The highest BCUT2D eigenvalue weighted by Gasteiger charge is 2.23. The van der Waals surface area contributed by atoms with E-state index in [2.05, 4.69) is 0 Å². The van der Waals surface area contributed by atoms with Crippen LogP contribution in [0.5, 0.6) is 0 Å². The Morgan fingerprint density at radius 2 is 2.00 bits per heavy atom. The Balaban J connectivity index is 1.68. The summed E-state index contributed by atoms with van der Waals surface area (Å²) in [5, 5.41) is 8.21. The first-order chi connectivity index (χ1) is 10.2. The number of amidine groups is 1. The molecule has 2 aliphatic heterocycles. The third-order valence-corrected chi connectivity index (χ3v) is 3.75. The van der Waals surface area contributed by atoms with Crippen molar-refractivity contribution >= 4 is 17.6 Å². The van der Waals surface area contributed by atoms with E-state index < -0.39 is 0 Å². The highest BCUT2D eigenvalue weighted by atomic mass is 16.6. The molecule has 0 radical (unpaired) electrons. The van der Waals surface area contributed by atoms with Crippen molar-refractivity contribution in [3.63, 3.8) is 0 Å². The predicted octanol–water partition coefficient (Wildman–Crippen LogP) is 1.50. The van der Waals surface area contributed by atoms with Crippen LogP contribution in [-0.2, 0) is 15.9 Å². The molecule has 1 amide bonds. The zero-order chi connectivity index (χ0) is 14.7. The van der Waals surface area contributed by atoms with Crippen LogP contribution in [0.1, 0.15) is 5.56 Å². The van der Waals surface area contributed by atoms with Gasteiger partial charge in [-0.25, -0.2) is 4.79 Å². The van der Waals surface area contributed by atoms with Gasteiger partial charge in [-0.15, -0.1) is 0 Å². The summed E-state index contributed by atoms with van der Waals surface area (Å²) in [4.78, 5) is 15.3. The smallest absolute Gasteiger partial charge is 0.414 e. The topological polar surface area (TPSA) is 65.9 Å². The molecule has 21 heavy (non-hydrogen) atoms. The van der Waals surface area contributed by atoms with Crippen molar-refractivity contribution in [2.24, 2.45) is 0 Å². The van der Waals surface area contributed by atoms with Gasteiger partial charge in [0.25, 0.3) is 0 Å². The Morgan fingerprint density at radius 1 is 1.19 bits per heavy atom. The molecule has 0 atom stereocenters. The molecular formula is C15H19N3O3. The Morgan fingerprint density at radius 3 is 2.71 bits per heavy atom. The number of morpholine rings is 1. The molecule has 2 heterocycles. The third-order valence-electron chi connectivity index (χ3n) is 3.75. The van der Waals surface area contributed by atoms with Crippen LogP contribution in [0, 0.1) is 5.41 Å². The standard InChI is InChI=1S/C15H19N3O3/c16-14(17-4-7-20-8-5-17)11-12-2-1-3-13(10-12)18-6-9-21-15(18)19/h1-3,10,16H,4-9,11H2. The first-order valence-corrected chi connectivity index (χ1v) is 7.17. The molecule has 2 saturated heterocycles. The maximum atomic E-state index is 11.6. The monoisotopic (exact) mass is 289 g/mol. The van der Waals surface area contributed by atoms with Gasteiger partial charge in [0.2, 0.25) is 0 Å². The van der Waals surface area contributed by atoms with Crippen molar-refractivity contribution in [2.75, 3.05) is 44.4 Å². The fraction of sp³-hybridized carbons (Fsp3) is 0.467. The van der Waals surface area contributed by atoms with Crippen LogP contribution in [0.2, 0.25) is 0 Å². The number of hydrogen-bond donors (Lipinski definition) is 1. The largest absolute Gasteiger partial charge is 0.447 e. The van der Waals surface area contributed by atoms with Gasteiger partial charge < -0.3 is 14.4 Å². The minimum atomic E-state index is -0.296. The summed E-state index contributed by atoms with van der Waals surface area (Å²) in [5.74, 6) is 0.597. The summed E-state index contributed by atoms with van der Waals surface area (Å²) < 4.78 is 10.3. The molecule has 0 spiro atoms. The molecule has 3 rings (SSSR count). The summed E-state index contributed by atoms with van der Waals surface area (Å²) in [7, 11) is 0. The lowest BCUT2D eigenvalue weighted by Crippen LogP contribution is -2.41. The lowest BCUT2D eigenvalue weighted by molar-refractivity contribution is 0.0670. The lowest BCUT2D eigenvalue weighted by atomic mass is 10.1. The van der Waals surface area contributed by atoms with Crippen LogP contribution in [0.25, 0.3) is 0 Å². The van der Waals surface area contributed by atoms with Crippen LogP contribution in [-0.4, -0.2) is 56.3 Å². The SMILES string of the molecule is N=C(Cc1cccc(N2CCOC2=O)c1)N1CCOCC1. The first kappa shape index (κ1) is 13.9. The van der Waals surface area contributed by atoms with Gasteiger partial charge >= 0.3 is 6.09 Å². The van der Waals surface area contributed by atoms with Crippen molar-refractivity contribution in [3.05, 3.63) is 29.8 Å². The molecule has 0 bridgehead atoms. The number of ether oxygens (including phenoxy) is 2. The number of hydrogen-bond acceptors (Lipinski definition) is 4. The molecule has 6 heteroatoms. The van der Waals surface area contributed by atoms with E-state index >= 15 is 0 Å². The molecule has 1 aromatic carbocycles. The quantitative estimate of drug-likeness (QED) is 0.676. The van der Waals surface area contributed by atoms with Gasteiger partial charge in [-0.3, -0.25) is 10.3 Å². The molecule has 1 aromatic rings.